The molecule has 3 aliphatic rings. The van der Waals surface area contributed by atoms with E-state index in [1.807, 2.05) is 0 Å². The van der Waals surface area contributed by atoms with Crippen molar-refractivity contribution in [1.82, 2.24) is 4.90 Å². The van der Waals surface area contributed by atoms with Crippen molar-refractivity contribution < 1.29 is 48.3 Å². The number of carbonyl (C=O) groups is 1. The molecule has 0 N–H and O–H groups in total. The SMILES string of the molecule is CC1(C)CCC(C(=O)N2CC[C@@]3(S(=O)(=O)c4ccc(F)cc4)c4ccc(C(F)(C(F)(F)F)C(F)(F)F)cc4CC[C@@H]23)CC1. The summed E-state index contributed by atoms with van der Waals surface area (Å²) < 4.78 is 137. The number of benzene rings is 2. The molecular formula is C30H31F8NO3S. The Kier molecular flexibility index (Phi) is 7.50. The average molecular weight is 638 g/mol. The summed E-state index contributed by atoms with van der Waals surface area (Å²) in [4.78, 5) is 15.0. The summed E-state index contributed by atoms with van der Waals surface area (Å²) in [7, 11) is -4.51. The Bertz CT molecular complexity index is 1490. The number of alkyl halides is 7. The van der Waals surface area contributed by atoms with E-state index in [2.05, 4.69) is 13.8 Å². The van der Waals surface area contributed by atoms with Gasteiger partial charge in [-0.2, -0.15) is 26.3 Å². The van der Waals surface area contributed by atoms with Crippen molar-refractivity contribution in [1.29, 1.82) is 0 Å². The molecule has 236 valence electrons. The summed E-state index contributed by atoms with van der Waals surface area (Å²) in [5, 5.41) is 0. The van der Waals surface area contributed by atoms with E-state index < -0.39 is 50.0 Å². The Balaban J connectivity index is 1.64. The number of aryl methyl sites for hydroxylation is 1. The van der Waals surface area contributed by atoms with Crippen LogP contribution in [0.3, 0.4) is 0 Å². The van der Waals surface area contributed by atoms with Gasteiger partial charge in [0.2, 0.25) is 5.91 Å². The third-order valence-electron chi connectivity index (χ3n) is 9.64. The molecule has 5 rings (SSSR count). The molecule has 2 fully saturated rings. The predicted octanol–water partition coefficient (Wildman–Crippen LogP) is 7.55. The molecule has 4 nitrogen and oxygen atoms in total. The summed E-state index contributed by atoms with van der Waals surface area (Å²) in [5.74, 6) is -1.32. The molecule has 0 spiro atoms. The lowest BCUT2D eigenvalue weighted by Crippen LogP contribution is -2.54. The maximum atomic E-state index is 15.0. The molecule has 0 bridgehead atoms. The van der Waals surface area contributed by atoms with E-state index in [9.17, 15) is 48.3 Å². The molecule has 1 aliphatic heterocycles. The van der Waals surface area contributed by atoms with Crippen LogP contribution in [0.4, 0.5) is 35.1 Å². The summed E-state index contributed by atoms with van der Waals surface area (Å²) in [6.07, 6.45) is -10.3. The molecule has 1 saturated heterocycles. The van der Waals surface area contributed by atoms with Crippen molar-refractivity contribution in [3.05, 3.63) is 65.0 Å². The zero-order valence-corrected chi connectivity index (χ0v) is 24.3. The molecule has 2 atom stereocenters. The van der Waals surface area contributed by atoms with Gasteiger partial charge in [0.1, 0.15) is 10.6 Å². The number of fused-ring (bicyclic) bond motifs is 3. The van der Waals surface area contributed by atoms with Gasteiger partial charge in [-0.25, -0.2) is 17.2 Å². The van der Waals surface area contributed by atoms with Gasteiger partial charge < -0.3 is 4.90 Å². The highest BCUT2D eigenvalue weighted by atomic mass is 32.2. The highest BCUT2D eigenvalue weighted by Crippen LogP contribution is 2.57. The normalized spacial score (nSPS) is 24.9. The van der Waals surface area contributed by atoms with E-state index >= 15 is 0 Å². The van der Waals surface area contributed by atoms with Gasteiger partial charge in [-0.05, 0) is 85.8 Å². The quantitative estimate of drug-likeness (QED) is 0.257. The van der Waals surface area contributed by atoms with Gasteiger partial charge in [0.15, 0.2) is 9.84 Å². The number of likely N-dealkylation sites (tertiary alicyclic amines) is 1. The fourth-order valence-corrected chi connectivity index (χ4v) is 9.57. The monoisotopic (exact) mass is 637 g/mol. The lowest BCUT2D eigenvalue weighted by molar-refractivity contribution is -0.348. The van der Waals surface area contributed by atoms with Gasteiger partial charge in [0.25, 0.3) is 0 Å². The van der Waals surface area contributed by atoms with Crippen molar-refractivity contribution in [2.24, 2.45) is 11.3 Å². The number of nitrogens with zero attached hydrogens (tertiary/aromatic N) is 1. The first-order valence-corrected chi connectivity index (χ1v) is 15.5. The first kappa shape index (κ1) is 31.7. The first-order chi connectivity index (χ1) is 19.8. The molecule has 13 heteroatoms. The van der Waals surface area contributed by atoms with Crippen molar-refractivity contribution >= 4 is 15.7 Å². The van der Waals surface area contributed by atoms with Crippen molar-refractivity contribution in [2.75, 3.05) is 6.54 Å². The summed E-state index contributed by atoms with van der Waals surface area (Å²) in [6, 6.07) is 4.54. The van der Waals surface area contributed by atoms with Gasteiger partial charge in [0.05, 0.1) is 10.9 Å². The molecule has 0 unspecified atom stereocenters. The van der Waals surface area contributed by atoms with Crippen LogP contribution in [0, 0.1) is 17.2 Å². The molecular weight excluding hydrogens is 606 g/mol. The van der Waals surface area contributed by atoms with E-state index in [1.54, 1.807) is 0 Å². The van der Waals surface area contributed by atoms with E-state index in [0.717, 1.165) is 43.2 Å². The van der Waals surface area contributed by atoms with Crippen LogP contribution >= 0.6 is 0 Å². The number of amides is 1. The number of rotatable bonds is 4. The Morgan fingerprint density at radius 2 is 1.44 bits per heavy atom. The van der Waals surface area contributed by atoms with E-state index in [0.29, 0.717) is 25.0 Å². The summed E-state index contributed by atoms with van der Waals surface area (Å²) >= 11 is 0. The van der Waals surface area contributed by atoms with Crippen LogP contribution in [-0.2, 0) is 31.5 Å². The molecule has 1 amide bonds. The molecule has 1 heterocycles. The van der Waals surface area contributed by atoms with Crippen LogP contribution in [0.1, 0.15) is 69.1 Å². The van der Waals surface area contributed by atoms with Crippen LogP contribution in [0.25, 0.3) is 0 Å². The van der Waals surface area contributed by atoms with E-state index in [-0.39, 0.29) is 59.1 Å². The second kappa shape index (κ2) is 10.2. The van der Waals surface area contributed by atoms with Gasteiger partial charge >= 0.3 is 18.0 Å². The van der Waals surface area contributed by atoms with Crippen molar-refractivity contribution in [2.45, 2.75) is 92.5 Å². The fraction of sp³-hybridized carbons (Fsp3) is 0.567. The smallest absolute Gasteiger partial charge is 0.337 e. The lowest BCUT2D eigenvalue weighted by atomic mass is 9.72. The molecule has 0 radical (unpaired) electrons. The van der Waals surface area contributed by atoms with Crippen LogP contribution in [0.15, 0.2) is 47.4 Å². The second-order valence-electron chi connectivity index (χ2n) is 12.6. The van der Waals surface area contributed by atoms with Gasteiger partial charge in [0, 0.05) is 18.0 Å². The molecule has 0 aromatic heterocycles. The standard InChI is InChI=1S/C30H31F8NO3S/c1-26(2)13-11-18(12-14-26)25(40)39-16-15-27(43(41,42)22-7-5-21(31)6-8-22)23-9-4-20(17-19(23)3-10-24(27)39)28(32,29(33,34)35)30(36,37)38/h4-9,17-18,24H,3,10-16H2,1-2H3/t24-,27-/m1/s1. The van der Waals surface area contributed by atoms with Crippen molar-refractivity contribution in [3.8, 4) is 0 Å². The minimum atomic E-state index is -6.33. The second-order valence-corrected chi connectivity index (χ2v) is 14.9. The molecule has 2 aliphatic carbocycles. The number of sulfone groups is 1. The average Bonchev–Trinajstić information content (AvgIpc) is 3.32. The number of halogens is 8. The highest BCUT2D eigenvalue weighted by molar-refractivity contribution is 7.92. The molecule has 2 aromatic carbocycles. The number of hydrogen-bond donors (Lipinski definition) is 0. The maximum absolute atomic E-state index is 15.0. The van der Waals surface area contributed by atoms with Crippen LogP contribution < -0.4 is 0 Å². The number of hydrogen-bond acceptors (Lipinski definition) is 3. The Labute approximate surface area is 244 Å². The zero-order valence-electron chi connectivity index (χ0n) is 23.5. The molecule has 43 heavy (non-hydrogen) atoms. The van der Waals surface area contributed by atoms with Crippen molar-refractivity contribution in [3.63, 3.8) is 0 Å². The van der Waals surface area contributed by atoms with E-state index in [1.165, 1.54) is 4.90 Å². The number of carbonyl (C=O) groups excluding carboxylic acids is 1. The minimum absolute atomic E-state index is 0.0108. The van der Waals surface area contributed by atoms with Crippen LogP contribution in [-0.4, -0.2) is 44.2 Å². The molecule has 1 saturated carbocycles. The van der Waals surface area contributed by atoms with Crippen LogP contribution in [0.2, 0.25) is 0 Å². The topological polar surface area (TPSA) is 54.5 Å². The third-order valence-corrected chi connectivity index (χ3v) is 12.2. The van der Waals surface area contributed by atoms with E-state index in [4.69, 9.17) is 0 Å². The van der Waals surface area contributed by atoms with Crippen LogP contribution in [0.5, 0.6) is 0 Å². The largest absolute Gasteiger partial charge is 0.435 e. The predicted molar refractivity (Wildman–Crippen MR) is 141 cm³/mol. The molecule has 2 aromatic rings. The Morgan fingerprint density at radius 1 is 0.860 bits per heavy atom. The summed E-state index contributed by atoms with van der Waals surface area (Å²) in [6.45, 7) is 4.18. The zero-order chi connectivity index (χ0) is 31.8. The third kappa shape index (κ3) is 4.84. The maximum Gasteiger partial charge on any atom is 0.435 e. The highest BCUT2D eigenvalue weighted by Gasteiger charge is 2.74. The Hall–Kier alpha value is -2.70. The Morgan fingerprint density at radius 3 is 2.00 bits per heavy atom. The fourth-order valence-electron chi connectivity index (χ4n) is 7.20. The summed E-state index contributed by atoms with van der Waals surface area (Å²) in [5.41, 5.74) is -7.58. The van der Waals surface area contributed by atoms with Gasteiger partial charge in [-0.3, -0.25) is 4.79 Å². The first-order valence-electron chi connectivity index (χ1n) is 14.0. The minimum Gasteiger partial charge on any atom is -0.337 e. The van der Waals surface area contributed by atoms with Gasteiger partial charge in [-0.15, -0.1) is 0 Å². The van der Waals surface area contributed by atoms with Gasteiger partial charge in [-0.1, -0.05) is 32.0 Å². The lowest BCUT2D eigenvalue weighted by Gasteiger charge is -2.44.